The first-order valence-electron chi connectivity index (χ1n) is 5.77. The van der Waals surface area contributed by atoms with Gasteiger partial charge in [0, 0.05) is 12.1 Å². The third-order valence-electron chi connectivity index (χ3n) is 2.20. The molecule has 12 nitrogen and oxygen atoms in total. The number of phosphoric ester groups is 2. The molecule has 0 saturated carbocycles. The van der Waals surface area contributed by atoms with Gasteiger partial charge in [0.05, 0.1) is 11.5 Å². The van der Waals surface area contributed by atoms with E-state index in [1.54, 1.807) is 0 Å². The first-order chi connectivity index (χ1) is 10.5. The van der Waals surface area contributed by atoms with E-state index in [4.69, 9.17) is 24.3 Å². The number of benzene rings is 1. The Morgan fingerprint density at radius 3 is 2.04 bits per heavy atom. The van der Waals surface area contributed by atoms with Crippen molar-refractivity contribution in [1.82, 2.24) is 0 Å². The van der Waals surface area contributed by atoms with Crippen LogP contribution in [0.4, 0.5) is 5.69 Å². The molecule has 0 radical (unpaired) electrons. The van der Waals surface area contributed by atoms with Crippen molar-refractivity contribution < 1.29 is 47.4 Å². The molecule has 0 aliphatic rings. The molecule has 1 rings (SSSR count). The highest BCUT2D eigenvalue weighted by atomic mass is 31.2. The summed E-state index contributed by atoms with van der Waals surface area (Å²) in [5.74, 6) is 0.117. The topological polar surface area (TPSA) is 186 Å². The molecule has 0 bridgehead atoms. The minimum absolute atomic E-state index is 0.117. The number of hydrogen-bond donors (Lipinski definition) is 4. The third-order valence-corrected chi connectivity index (χ3v) is 3.26. The molecule has 0 fully saturated rings. The van der Waals surface area contributed by atoms with E-state index in [2.05, 4.69) is 9.05 Å². The predicted octanol–water partition coefficient (Wildman–Crippen LogP) is 0.561. The summed E-state index contributed by atoms with van der Waals surface area (Å²) in [6, 6.07) is 4.74. The van der Waals surface area contributed by atoms with Crippen LogP contribution in [-0.4, -0.2) is 43.8 Å². The minimum atomic E-state index is -4.95. The number of rotatable bonds is 9. The molecule has 23 heavy (non-hydrogen) atoms. The lowest BCUT2D eigenvalue weighted by Gasteiger charge is -2.19. The zero-order valence-electron chi connectivity index (χ0n) is 11.3. The Labute approximate surface area is 129 Å². The lowest BCUT2D eigenvalue weighted by atomic mass is 10.3. The van der Waals surface area contributed by atoms with Crippen LogP contribution in [0.2, 0.25) is 0 Å². The van der Waals surface area contributed by atoms with Crippen molar-refractivity contribution >= 4 is 21.3 Å². The summed E-state index contributed by atoms with van der Waals surface area (Å²) in [5, 5.41) is 10.5. The van der Waals surface area contributed by atoms with Gasteiger partial charge in [0.25, 0.3) is 5.69 Å². The van der Waals surface area contributed by atoms with E-state index in [0.717, 1.165) is 12.1 Å². The van der Waals surface area contributed by atoms with Crippen LogP contribution in [0, 0.1) is 10.1 Å². The monoisotopic (exact) mass is 373 g/mol. The standard InChI is InChI=1S/C9H13NO11P2/c11-10(12)7-1-3-8(4-2-7)19-5-9(21-23(16,17)18)6-20-22(13,14)15/h1-4,9H,5-6H2,(H2,13,14,15)(H2,16,17,18). The van der Waals surface area contributed by atoms with Crippen LogP contribution in [0.25, 0.3) is 0 Å². The van der Waals surface area contributed by atoms with Gasteiger partial charge in [-0.2, -0.15) is 0 Å². The lowest BCUT2D eigenvalue weighted by molar-refractivity contribution is -0.384. The van der Waals surface area contributed by atoms with E-state index in [-0.39, 0.29) is 11.4 Å². The van der Waals surface area contributed by atoms with Crippen molar-refractivity contribution in [3.05, 3.63) is 34.4 Å². The number of hydrogen-bond acceptors (Lipinski definition) is 7. The Bertz CT molecular complexity index is 621. The summed E-state index contributed by atoms with van der Waals surface area (Å²) in [6.07, 6.45) is -1.49. The summed E-state index contributed by atoms with van der Waals surface area (Å²) in [7, 11) is -9.81. The first-order valence-corrected chi connectivity index (χ1v) is 8.83. The average Bonchev–Trinajstić information content (AvgIpc) is 2.40. The molecule has 1 atom stereocenters. The SMILES string of the molecule is O=[N+]([O-])c1ccc(OCC(COP(=O)(O)O)OP(=O)(O)O)cc1. The largest absolute Gasteiger partial charge is 0.491 e. The highest BCUT2D eigenvalue weighted by Crippen LogP contribution is 2.40. The summed E-state index contributed by atoms with van der Waals surface area (Å²) >= 11 is 0. The molecular formula is C9H13NO11P2. The highest BCUT2D eigenvalue weighted by molar-refractivity contribution is 7.46. The summed E-state index contributed by atoms with van der Waals surface area (Å²) < 4.78 is 34.9. The molecule has 0 heterocycles. The molecule has 1 aromatic rings. The van der Waals surface area contributed by atoms with Crippen molar-refractivity contribution in [3.8, 4) is 5.75 Å². The van der Waals surface area contributed by atoms with Gasteiger partial charge in [-0.3, -0.25) is 19.2 Å². The molecule has 0 saturated heterocycles. The summed E-state index contributed by atoms with van der Waals surface area (Å²) in [4.78, 5) is 44.4. The van der Waals surface area contributed by atoms with Crippen LogP contribution in [0.15, 0.2) is 24.3 Å². The van der Waals surface area contributed by atoms with Crippen LogP contribution in [0.1, 0.15) is 0 Å². The molecule has 0 aromatic heterocycles. The van der Waals surface area contributed by atoms with Gasteiger partial charge in [0.2, 0.25) is 0 Å². The molecule has 0 amide bonds. The highest BCUT2D eigenvalue weighted by Gasteiger charge is 2.26. The van der Waals surface area contributed by atoms with Crippen LogP contribution >= 0.6 is 15.6 Å². The maximum absolute atomic E-state index is 10.8. The van der Waals surface area contributed by atoms with Crippen LogP contribution in [0.5, 0.6) is 5.75 Å². The van der Waals surface area contributed by atoms with Gasteiger partial charge >= 0.3 is 15.6 Å². The maximum Gasteiger partial charge on any atom is 0.470 e. The number of nitrogens with zero attached hydrogens (tertiary/aromatic N) is 1. The van der Waals surface area contributed by atoms with Gasteiger partial charge in [-0.1, -0.05) is 0 Å². The fourth-order valence-electron chi connectivity index (χ4n) is 1.34. The average molecular weight is 373 g/mol. The maximum atomic E-state index is 10.8. The Hall–Kier alpha value is -1.36. The zero-order chi connectivity index (χ0) is 17.7. The number of ether oxygens (including phenoxy) is 1. The second-order valence-corrected chi connectivity index (χ2v) is 6.50. The third kappa shape index (κ3) is 8.74. The molecule has 1 unspecified atom stereocenters. The Morgan fingerprint density at radius 2 is 1.61 bits per heavy atom. The van der Waals surface area contributed by atoms with Gasteiger partial charge in [-0.05, 0) is 12.1 Å². The first kappa shape index (κ1) is 19.7. The van der Waals surface area contributed by atoms with Gasteiger partial charge in [-0.25, -0.2) is 9.13 Å². The Kier molecular flexibility index (Phi) is 6.81. The molecule has 1 aromatic carbocycles. The fraction of sp³-hybridized carbons (Fsp3) is 0.333. The molecular weight excluding hydrogens is 360 g/mol. The number of nitro benzene ring substituents is 1. The van der Waals surface area contributed by atoms with E-state index < -0.39 is 39.9 Å². The van der Waals surface area contributed by atoms with Crippen LogP contribution in [0.3, 0.4) is 0 Å². The predicted molar refractivity (Wildman–Crippen MR) is 73.5 cm³/mol. The number of nitro groups is 1. The van der Waals surface area contributed by atoms with E-state index in [0.29, 0.717) is 0 Å². The van der Waals surface area contributed by atoms with Crippen molar-refractivity contribution in [1.29, 1.82) is 0 Å². The van der Waals surface area contributed by atoms with E-state index in [9.17, 15) is 19.2 Å². The minimum Gasteiger partial charge on any atom is -0.491 e. The van der Waals surface area contributed by atoms with E-state index in [1.807, 2.05) is 0 Å². The number of non-ortho nitro benzene ring substituents is 1. The molecule has 0 aliphatic carbocycles. The molecule has 0 spiro atoms. The van der Waals surface area contributed by atoms with E-state index >= 15 is 0 Å². The van der Waals surface area contributed by atoms with Crippen molar-refractivity contribution in [2.45, 2.75) is 6.10 Å². The Balaban J connectivity index is 2.66. The second-order valence-electron chi connectivity index (χ2n) is 4.07. The lowest BCUT2D eigenvalue weighted by Crippen LogP contribution is -2.26. The molecule has 130 valence electrons. The van der Waals surface area contributed by atoms with Gasteiger partial charge < -0.3 is 24.3 Å². The van der Waals surface area contributed by atoms with Crippen molar-refractivity contribution in [2.75, 3.05) is 13.2 Å². The van der Waals surface area contributed by atoms with Gasteiger partial charge in [0.15, 0.2) is 0 Å². The molecule has 14 heteroatoms. The summed E-state index contributed by atoms with van der Waals surface area (Å²) in [6.45, 7) is -1.37. The fourth-order valence-corrected chi connectivity index (χ4v) is 2.21. The van der Waals surface area contributed by atoms with Gasteiger partial charge in [-0.15, -0.1) is 0 Å². The second kappa shape index (κ2) is 7.95. The van der Waals surface area contributed by atoms with Crippen molar-refractivity contribution in [2.24, 2.45) is 0 Å². The zero-order valence-corrected chi connectivity index (χ0v) is 13.1. The quantitative estimate of drug-likeness (QED) is 0.269. The van der Waals surface area contributed by atoms with Crippen LogP contribution < -0.4 is 4.74 Å². The van der Waals surface area contributed by atoms with Crippen LogP contribution in [-0.2, 0) is 18.2 Å². The Morgan fingerprint density at radius 1 is 1.04 bits per heavy atom. The molecule has 4 N–H and O–H groups in total. The molecule has 0 aliphatic heterocycles. The van der Waals surface area contributed by atoms with Gasteiger partial charge in [0.1, 0.15) is 18.5 Å². The number of phosphoric acid groups is 2. The normalized spacial score (nSPS) is 13.6. The summed E-state index contributed by atoms with van der Waals surface area (Å²) in [5.41, 5.74) is -0.190. The van der Waals surface area contributed by atoms with Crippen molar-refractivity contribution in [3.63, 3.8) is 0 Å². The van der Waals surface area contributed by atoms with E-state index in [1.165, 1.54) is 12.1 Å². The smallest absolute Gasteiger partial charge is 0.470 e.